The van der Waals surface area contributed by atoms with Crippen LogP contribution in [0.2, 0.25) is 0 Å². The van der Waals surface area contributed by atoms with Crippen molar-refractivity contribution in [1.29, 1.82) is 0 Å². The van der Waals surface area contributed by atoms with Crippen molar-refractivity contribution < 1.29 is 9.90 Å². The molecule has 20 heavy (non-hydrogen) atoms. The largest absolute Gasteiger partial charge is 0.391 e. The van der Waals surface area contributed by atoms with Gasteiger partial charge >= 0.3 is 0 Å². The van der Waals surface area contributed by atoms with Crippen LogP contribution in [-0.4, -0.2) is 43.7 Å². The number of hydrogen-bond donors (Lipinski definition) is 1. The molecule has 2 heterocycles. The van der Waals surface area contributed by atoms with Gasteiger partial charge in [-0.25, -0.2) is 5.01 Å². The summed E-state index contributed by atoms with van der Waals surface area (Å²) >= 11 is 0. The average molecular weight is 276 g/mol. The second-order valence-corrected chi connectivity index (χ2v) is 5.64. The van der Waals surface area contributed by atoms with Crippen LogP contribution in [0.4, 0.5) is 0 Å². The number of amides is 1. The number of hydrazone groups is 1. The summed E-state index contributed by atoms with van der Waals surface area (Å²) in [6.07, 6.45) is 8.20. The van der Waals surface area contributed by atoms with Crippen LogP contribution in [0.3, 0.4) is 0 Å². The molecule has 108 valence electrons. The van der Waals surface area contributed by atoms with Crippen molar-refractivity contribution in [2.75, 3.05) is 0 Å². The molecule has 0 saturated heterocycles. The molecule has 0 radical (unpaired) electrons. The van der Waals surface area contributed by atoms with Crippen molar-refractivity contribution >= 4 is 11.6 Å². The van der Waals surface area contributed by atoms with Crippen LogP contribution in [0.5, 0.6) is 0 Å². The molecule has 6 nitrogen and oxygen atoms in total. The van der Waals surface area contributed by atoms with E-state index in [-0.39, 0.29) is 11.9 Å². The maximum atomic E-state index is 12.2. The van der Waals surface area contributed by atoms with Gasteiger partial charge in [0.25, 0.3) is 0 Å². The van der Waals surface area contributed by atoms with Gasteiger partial charge in [-0.3, -0.25) is 9.48 Å². The maximum Gasteiger partial charge on any atom is 0.249 e. The van der Waals surface area contributed by atoms with Gasteiger partial charge in [0.05, 0.1) is 30.5 Å². The van der Waals surface area contributed by atoms with Crippen LogP contribution in [-0.2, 0) is 11.8 Å². The molecule has 0 bridgehead atoms. The highest BCUT2D eigenvalue weighted by Gasteiger charge is 2.35. The van der Waals surface area contributed by atoms with Gasteiger partial charge in [0.1, 0.15) is 0 Å². The fourth-order valence-corrected chi connectivity index (χ4v) is 2.99. The monoisotopic (exact) mass is 276 g/mol. The van der Waals surface area contributed by atoms with Crippen molar-refractivity contribution in [1.82, 2.24) is 14.8 Å². The lowest BCUT2D eigenvalue weighted by Gasteiger charge is -2.27. The molecule has 0 spiro atoms. The first kappa shape index (κ1) is 13.3. The number of aliphatic hydroxyl groups excluding tert-OH is 1. The fourth-order valence-electron chi connectivity index (χ4n) is 2.99. The highest BCUT2D eigenvalue weighted by molar-refractivity contribution is 6.13. The Morgan fingerprint density at radius 2 is 2.10 bits per heavy atom. The topological polar surface area (TPSA) is 70.7 Å². The van der Waals surface area contributed by atoms with Crippen LogP contribution in [0.1, 0.15) is 44.1 Å². The third-order valence-corrected chi connectivity index (χ3v) is 4.10. The Kier molecular flexibility index (Phi) is 3.56. The van der Waals surface area contributed by atoms with Crippen molar-refractivity contribution in [3.05, 3.63) is 18.0 Å². The van der Waals surface area contributed by atoms with Gasteiger partial charge in [-0.15, -0.1) is 0 Å². The molecular weight excluding hydrogens is 256 g/mol. The van der Waals surface area contributed by atoms with Crippen LogP contribution in [0.25, 0.3) is 0 Å². The molecule has 0 aromatic carbocycles. The maximum absolute atomic E-state index is 12.2. The molecule has 2 atom stereocenters. The van der Waals surface area contributed by atoms with Gasteiger partial charge < -0.3 is 5.11 Å². The lowest BCUT2D eigenvalue weighted by molar-refractivity contribution is -0.133. The van der Waals surface area contributed by atoms with Gasteiger partial charge in [0.15, 0.2) is 0 Å². The van der Waals surface area contributed by atoms with Crippen molar-refractivity contribution in [2.45, 2.75) is 50.7 Å². The molecule has 1 aromatic heterocycles. The lowest BCUT2D eigenvalue weighted by Crippen LogP contribution is -2.41. The van der Waals surface area contributed by atoms with E-state index in [0.717, 1.165) is 43.4 Å². The summed E-state index contributed by atoms with van der Waals surface area (Å²) < 4.78 is 1.70. The summed E-state index contributed by atoms with van der Waals surface area (Å²) in [6, 6.07) is -0.167. The Bertz CT molecular complexity index is 537. The highest BCUT2D eigenvalue weighted by atomic mass is 16.3. The zero-order valence-corrected chi connectivity index (χ0v) is 11.7. The first-order chi connectivity index (χ1) is 9.65. The molecule has 1 amide bonds. The van der Waals surface area contributed by atoms with E-state index >= 15 is 0 Å². The number of nitrogens with zero attached hydrogens (tertiary/aromatic N) is 4. The van der Waals surface area contributed by atoms with Crippen LogP contribution < -0.4 is 0 Å². The van der Waals surface area contributed by atoms with Crippen LogP contribution in [0.15, 0.2) is 17.5 Å². The minimum atomic E-state index is -0.460. The smallest absolute Gasteiger partial charge is 0.249 e. The van der Waals surface area contributed by atoms with E-state index in [9.17, 15) is 9.90 Å². The van der Waals surface area contributed by atoms with Gasteiger partial charge in [0, 0.05) is 18.8 Å². The van der Waals surface area contributed by atoms with Gasteiger partial charge in [0.2, 0.25) is 5.91 Å². The van der Waals surface area contributed by atoms with Crippen LogP contribution in [0, 0.1) is 0 Å². The normalized spacial score (nSPS) is 27.6. The van der Waals surface area contributed by atoms with Crippen LogP contribution >= 0.6 is 0 Å². The van der Waals surface area contributed by atoms with E-state index in [1.54, 1.807) is 10.9 Å². The molecular formula is C14H20N4O2. The van der Waals surface area contributed by atoms with Crippen molar-refractivity contribution in [3.8, 4) is 0 Å². The summed E-state index contributed by atoms with van der Waals surface area (Å²) in [5.74, 6) is -0.0187. The van der Waals surface area contributed by atoms with Crippen molar-refractivity contribution in [2.24, 2.45) is 12.1 Å². The van der Waals surface area contributed by atoms with Gasteiger partial charge in [-0.2, -0.15) is 10.2 Å². The first-order valence-electron chi connectivity index (χ1n) is 7.22. The number of aliphatic hydroxyl groups is 1. The zero-order valence-electron chi connectivity index (χ0n) is 11.7. The third-order valence-electron chi connectivity index (χ3n) is 4.10. The average Bonchev–Trinajstić information content (AvgIpc) is 2.94. The molecule has 1 aliphatic heterocycles. The fraction of sp³-hybridized carbons (Fsp3) is 0.643. The highest BCUT2D eigenvalue weighted by Crippen LogP contribution is 2.26. The SMILES string of the molecule is Cn1cc(C2=NN(C3CCCCCC3O)C(=O)C2)cn1. The second-order valence-electron chi connectivity index (χ2n) is 5.64. The van der Waals surface area contributed by atoms with E-state index in [1.807, 2.05) is 13.2 Å². The number of aryl methyl sites for hydroxylation is 1. The Morgan fingerprint density at radius 3 is 2.85 bits per heavy atom. The molecule has 6 heteroatoms. The third kappa shape index (κ3) is 2.47. The minimum absolute atomic E-state index is 0.0187. The van der Waals surface area contributed by atoms with Gasteiger partial charge in [-0.05, 0) is 12.8 Å². The number of rotatable bonds is 2. The summed E-state index contributed by atoms with van der Waals surface area (Å²) in [5.41, 5.74) is 1.63. The number of hydrogen-bond acceptors (Lipinski definition) is 4. The number of carbonyl (C=O) groups excluding carboxylic acids is 1. The molecule has 1 aromatic rings. The Hall–Kier alpha value is -1.69. The standard InChI is InChI=1S/C14H20N4O2/c1-17-9-10(8-15-17)11-7-14(20)18(16-11)12-5-3-2-4-6-13(12)19/h8-9,12-13,19H,2-7H2,1H3. The second kappa shape index (κ2) is 5.36. The van der Waals surface area contributed by atoms with Gasteiger partial charge in [-0.1, -0.05) is 19.3 Å². The molecule has 2 aliphatic rings. The lowest BCUT2D eigenvalue weighted by atomic mass is 10.1. The molecule has 2 unspecified atom stereocenters. The first-order valence-corrected chi connectivity index (χ1v) is 7.22. The Morgan fingerprint density at radius 1 is 1.30 bits per heavy atom. The predicted octanol–water partition coefficient (Wildman–Crippen LogP) is 1.05. The summed E-state index contributed by atoms with van der Waals surface area (Å²) in [6.45, 7) is 0. The summed E-state index contributed by atoms with van der Waals surface area (Å²) in [7, 11) is 1.84. The molecule has 1 N–H and O–H groups in total. The predicted molar refractivity (Wildman–Crippen MR) is 74.1 cm³/mol. The Balaban J connectivity index is 1.82. The van der Waals surface area contributed by atoms with E-state index in [0.29, 0.717) is 6.42 Å². The van der Waals surface area contributed by atoms with E-state index in [2.05, 4.69) is 10.2 Å². The summed E-state index contributed by atoms with van der Waals surface area (Å²) in [4.78, 5) is 12.2. The quantitative estimate of drug-likeness (QED) is 0.821. The summed E-state index contributed by atoms with van der Waals surface area (Å²) in [5, 5.41) is 20.3. The van der Waals surface area contributed by atoms with Crippen molar-refractivity contribution in [3.63, 3.8) is 0 Å². The van der Waals surface area contributed by atoms with E-state index < -0.39 is 6.10 Å². The molecule has 1 fully saturated rings. The molecule has 3 rings (SSSR count). The molecule has 1 saturated carbocycles. The number of carbonyl (C=O) groups is 1. The molecule has 1 aliphatic carbocycles. The minimum Gasteiger partial charge on any atom is -0.391 e. The Labute approximate surface area is 118 Å². The van der Waals surface area contributed by atoms with E-state index in [4.69, 9.17) is 0 Å². The zero-order chi connectivity index (χ0) is 14.1. The number of aromatic nitrogens is 2. The van der Waals surface area contributed by atoms with E-state index in [1.165, 1.54) is 5.01 Å².